The van der Waals surface area contributed by atoms with Crippen LogP contribution in [-0.4, -0.2) is 35.0 Å². The van der Waals surface area contributed by atoms with Gasteiger partial charge in [0.15, 0.2) is 6.10 Å². The number of hydrogen-bond acceptors (Lipinski definition) is 4. The molecule has 74 valence electrons. The second kappa shape index (κ2) is 6.46. The molecule has 0 amide bonds. The highest BCUT2D eigenvalue weighted by Gasteiger charge is 2.24. The molecule has 0 saturated carbocycles. The third-order valence-electron chi connectivity index (χ3n) is 1.48. The Morgan fingerprint density at radius 2 is 2.23 bits per heavy atom. The molecule has 13 heavy (non-hydrogen) atoms. The van der Waals surface area contributed by atoms with E-state index in [1.165, 1.54) is 0 Å². The Morgan fingerprint density at radius 1 is 1.62 bits per heavy atom. The highest BCUT2D eigenvalue weighted by molar-refractivity contribution is 5.75. The normalized spacial score (nSPS) is 14.3. The summed E-state index contributed by atoms with van der Waals surface area (Å²) < 4.78 is 4.50. The largest absolute Gasteiger partial charge is 0.464 e. The molecule has 0 rings (SSSR count). The minimum absolute atomic E-state index is 0.178. The van der Waals surface area contributed by atoms with Gasteiger partial charge in [0.2, 0.25) is 0 Å². The predicted molar refractivity (Wildman–Crippen MR) is 46.7 cm³/mol. The summed E-state index contributed by atoms with van der Waals surface area (Å²) in [5.74, 6) is 1.49. The first-order valence-electron chi connectivity index (χ1n) is 4.09. The molecule has 0 saturated heterocycles. The van der Waals surface area contributed by atoms with Crippen molar-refractivity contribution in [3.05, 3.63) is 0 Å². The molecule has 0 radical (unpaired) electrons. The Labute approximate surface area is 77.5 Å². The van der Waals surface area contributed by atoms with Gasteiger partial charge in [0.1, 0.15) is 0 Å². The van der Waals surface area contributed by atoms with Gasteiger partial charge >= 0.3 is 5.97 Å². The van der Waals surface area contributed by atoms with Crippen LogP contribution in [0, 0.1) is 12.3 Å². The maximum absolute atomic E-state index is 10.9. The van der Waals surface area contributed by atoms with E-state index in [0.29, 0.717) is 6.42 Å². The molecule has 0 heterocycles. The van der Waals surface area contributed by atoms with Gasteiger partial charge in [0.25, 0.3) is 0 Å². The van der Waals surface area contributed by atoms with Crippen LogP contribution < -0.4 is 0 Å². The van der Waals surface area contributed by atoms with Crippen LogP contribution in [0.3, 0.4) is 0 Å². The van der Waals surface area contributed by atoms with E-state index in [9.17, 15) is 9.90 Å². The SMILES string of the molecule is C#CCCC(O)C(O)C(=O)OCC. The molecule has 2 unspecified atom stereocenters. The molecule has 0 aromatic carbocycles. The minimum Gasteiger partial charge on any atom is -0.464 e. The van der Waals surface area contributed by atoms with Crippen LogP contribution in [0.15, 0.2) is 0 Å². The van der Waals surface area contributed by atoms with Gasteiger partial charge in [-0.05, 0) is 13.3 Å². The maximum Gasteiger partial charge on any atom is 0.337 e. The summed E-state index contributed by atoms with van der Waals surface area (Å²) in [6.45, 7) is 1.80. The fraction of sp³-hybridized carbons (Fsp3) is 0.667. The summed E-state index contributed by atoms with van der Waals surface area (Å²) in [6, 6.07) is 0. The fourth-order valence-corrected chi connectivity index (χ4v) is 0.774. The van der Waals surface area contributed by atoms with Gasteiger partial charge in [0.05, 0.1) is 12.7 Å². The van der Waals surface area contributed by atoms with Crippen molar-refractivity contribution in [1.82, 2.24) is 0 Å². The van der Waals surface area contributed by atoms with Crippen molar-refractivity contribution in [1.29, 1.82) is 0 Å². The van der Waals surface area contributed by atoms with Gasteiger partial charge in [0, 0.05) is 6.42 Å². The number of ether oxygens (including phenoxy) is 1. The van der Waals surface area contributed by atoms with Gasteiger partial charge < -0.3 is 14.9 Å². The molecular weight excluding hydrogens is 172 g/mol. The molecule has 0 aliphatic carbocycles. The molecular formula is C9H14O4. The predicted octanol–water partition coefficient (Wildman–Crippen LogP) is -0.315. The average molecular weight is 186 g/mol. The van der Waals surface area contributed by atoms with Crippen LogP contribution in [0.5, 0.6) is 0 Å². The van der Waals surface area contributed by atoms with Crippen molar-refractivity contribution >= 4 is 5.97 Å². The first-order valence-corrected chi connectivity index (χ1v) is 4.09. The van der Waals surface area contributed by atoms with E-state index in [2.05, 4.69) is 10.7 Å². The number of aliphatic hydroxyl groups is 2. The summed E-state index contributed by atoms with van der Waals surface area (Å²) in [7, 11) is 0. The van der Waals surface area contributed by atoms with Crippen molar-refractivity contribution in [3.8, 4) is 12.3 Å². The van der Waals surface area contributed by atoms with E-state index in [4.69, 9.17) is 11.5 Å². The Bertz CT molecular complexity index is 194. The van der Waals surface area contributed by atoms with Crippen molar-refractivity contribution in [2.45, 2.75) is 32.0 Å². The smallest absolute Gasteiger partial charge is 0.337 e. The van der Waals surface area contributed by atoms with E-state index in [1.807, 2.05) is 0 Å². The van der Waals surface area contributed by atoms with Crippen molar-refractivity contribution in [3.63, 3.8) is 0 Å². The number of carbonyl (C=O) groups excluding carboxylic acids is 1. The van der Waals surface area contributed by atoms with Gasteiger partial charge in [-0.25, -0.2) is 4.79 Å². The first-order chi connectivity index (χ1) is 6.13. The Morgan fingerprint density at radius 3 is 2.69 bits per heavy atom. The molecule has 0 aromatic heterocycles. The number of hydrogen-bond donors (Lipinski definition) is 2. The lowest BCUT2D eigenvalue weighted by atomic mass is 10.1. The summed E-state index contributed by atoms with van der Waals surface area (Å²) >= 11 is 0. The number of carbonyl (C=O) groups is 1. The van der Waals surface area contributed by atoms with Gasteiger partial charge in [-0.1, -0.05) is 0 Å². The van der Waals surface area contributed by atoms with Crippen LogP contribution in [0.2, 0.25) is 0 Å². The summed E-state index contributed by atoms with van der Waals surface area (Å²) in [5, 5.41) is 18.4. The zero-order valence-electron chi connectivity index (χ0n) is 7.56. The number of rotatable bonds is 5. The second-order valence-electron chi connectivity index (χ2n) is 2.51. The minimum atomic E-state index is -1.49. The molecule has 0 aromatic rings. The van der Waals surface area contributed by atoms with Gasteiger partial charge in [-0.3, -0.25) is 0 Å². The van der Waals surface area contributed by atoms with Crippen molar-refractivity contribution < 1.29 is 19.7 Å². The Hall–Kier alpha value is -1.05. The van der Waals surface area contributed by atoms with Crippen LogP contribution in [0.1, 0.15) is 19.8 Å². The first kappa shape index (κ1) is 11.9. The summed E-state index contributed by atoms with van der Waals surface area (Å²) in [4.78, 5) is 10.9. The molecule has 4 nitrogen and oxygen atoms in total. The molecule has 0 aliphatic heterocycles. The van der Waals surface area contributed by atoms with E-state index >= 15 is 0 Å². The second-order valence-corrected chi connectivity index (χ2v) is 2.51. The van der Waals surface area contributed by atoms with Crippen molar-refractivity contribution in [2.75, 3.05) is 6.61 Å². The standard InChI is InChI=1S/C9H14O4/c1-3-5-6-7(10)8(11)9(12)13-4-2/h1,7-8,10-11H,4-6H2,2H3. The van der Waals surface area contributed by atoms with Gasteiger partial charge in [-0.15, -0.1) is 12.3 Å². The molecule has 0 fully saturated rings. The van der Waals surface area contributed by atoms with E-state index < -0.39 is 18.2 Å². The lowest BCUT2D eigenvalue weighted by Gasteiger charge is -2.14. The topological polar surface area (TPSA) is 66.8 Å². The van der Waals surface area contributed by atoms with E-state index in [-0.39, 0.29) is 13.0 Å². The highest BCUT2D eigenvalue weighted by Crippen LogP contribution is 2.03. The Balaban J connectivity index is 3.87. The number of aliphatic hydroxyl groups excluding tert-OH is 2. The monoisotopic (exact) mass is 186 g/mol. The van der Waals surface area contributed by atoms with E-state index in [0.717, 1.165) is 0 Å². The third-order valence-corrected chi connectivity index (χ3v) is 1.48. The average Bonchev–Trinajstić information content (AvgIpc) is 2.13. The lowest BCUT2D eigenvalue weighted by Crippen LogP contribution is -2.35. The Kier molecular flexibility index (Phi) is 5.94. The molecule has 0 bridgehead atoms. The fourth-order valence-electron chi connectivity index (χ4n) is 0.774. The zero-order valence-corrected chi connectivity index (χ0v) is 7.56. The zero-order chi connectivity index (χ0) is 10.3. The van der Waals surface area contributed by atoms with Gasteiger partial charge in [-0.2, -0.15) is 0 Å². The van der Waals surface area contributed by atoms with Crippen LogP contribution >= 0.6 is 0 Å². The van der Waals surface area contributed by atoms with Crippen LogP contribution in [0.25, 0.3) is 0 Å². The van der Waals surface area contributed by atoms with Crippen LogP contribution in [-0.2, 0) is 9.53 Å². The summed E-state index contributed by atoms with van der Waals surface area (Å²) in [6.07, 6.45) is 2.83. The molecule has 2 atom stereocenters. The molecule has 4 heteroatoms. The van der Waals surface area contributed by atoms with Crippen LogP contribution in [0.4, 0.5) is 0 Å². The number of terminal acetylenes is 1. The molecule has 2 N–H and O–H groups in total. The quantitative estimate of drug-likeness (QED) is 0.456. The maximum atomic E-state index is 10.9. The summed E-state index contributed by atoms with van der Waals surface area (Å²) in [5.41, 5.74) is 0. The van der Waals surface area contributed by atoms with Crippen molar-refractivity contribution in [2.24, 2.45) is 0 Å². The third kappa shape index (κ3) is 4.51. The molecule has 0 spiro atoms. The number of esters is 1. The van der Waals surface area contributed by atoms with E-state index in [1.54, 1.807) is 6.92 Å². The molecule has 0 aliphatic rings. The highest BCUT2D eigenvalue weighted by atomic mass is 16.5. The lowest BCUT2D eigenvalue weighted by molar-refractivity contribution is -0.159.